The molecule has 1 aliphatic heterocycles. The van der Waals surface area contributed by atoms with Crippen molar-refractivity contribution in [2.45, 2.75) is 19.4 Å². The van der Waals surface area contributed by atoms with Gasteiger partial charge in [0, 0.05) is 43.0 Å². The van der Waals surface area contributed by atoms with Gasteiger partial charge in [0.2, 0.25) is 11.8 Å². The first-order valence-electron chi connectivity index (χ1n) is 7.85. The van der Waals surface area contributed by atoms with Crippen molar-refractivity contribution in [2.75, 3.05) is 18.6 Å². The summed E-state index contributed by atoms with van der Waals surface area (Å²) < 4.78 is 5.00. The quantitative estimate of drug-likeness (QED) is 0.914. The first kappa shape index (κ1) is 16.0. The molecule has 0 aliphatic carbocycles. The zero-order valence-electron chi connectivity index (χ0n) is 13.5. The lowest BCUT2D eigenvalue weighted by Crippen LogP contribution is -2.25. The lowest BCUT2D eigenvalue weighted by Gasteiger charge is -2.15. The van der Waals surface area contributed by atoms with Crippen molar-refractivity contribution in [1.29, 1.82) is 0 Å². The molecule has 1 N–H and O–H groups in total. The van der Waals surface area contributed by atoms with E-state index in [0.717, 1.165) is 24.2 Å². The number of carbonyl (C=O) groups is 2. The summed E-state index contributed by atoms with van der Waals surface area (Å²) in [7, 11) is 1.56. The first-order chi connectivity index (χ1) is 11.7. The van der Waals surface area contributed by atoms with Crippen LogP contribution in [0.2, 0.25) is 0 Å². The number of hydrogen-bond donors (Lipinski definition) is 1. The molecule has 6 heteroatoms. The Hall–Kier alpha value is -2.89. The molecule has 0 radical (unpaired) electrons. The van der Waals surface area contributed by atoms with Crippen molar-refractivity contribution in [3.63, 3.8) is 0 Å². The second-order valence-electron chi connectivity index (χ2n) is 5.59. The Morgan fingerprint density at radius 3 is 2.62 bits per heavy atom. The molecule has 2 heterocycles. The van der Waals surface area contributed by atoms with Crippen LogP contribution in [0.1, 0.15) is 28.8 Å². The molecule has 124 valence electrons. The molecule has 6 nitrogen and oxygen atoms in total. The summed E-state index contributed by atoms with van der Waals surface area (Å²) in [6.07, 6.45) is 3.15. The van der Waals surface area contributed by atoms with Crippen molar-refractivity contribution < 1.29 is 14.3 Å². The number of rotatable bonds is 5. The lowest BCUT2D eigenvalue weighted by molar-refractivity contribution is -0.117. The van der Waals surface area contributed by atoms with Crippen molar-refractivity contribution in [2.24, 2.45) is 0 Å². The van der Waals surface area contributed by atoms with Gasteiger partial charge >= 0.3 is 0 Å². The van der Waals surface area contributed by atoms with Crippen LogP contribution in [0.15, 0.2) is 42.6 Å². The number of pyridine rings is 1. The van der Waals surface area contributed by atoms with E-state index < -0.39 is 0 Å². The van der Waals surface area contributed by atoms with E-state index in [1.165, 1.54) is 0 Å². The molecular formula is C18H19N3O3. The third kappa shape index (κ3) is 3.53. The second kappa shape index (κ2) is 7.12. The van der Waals surface area contributed by atoms with Crippen LogP contribution in [0.3, 0.4) is 0 Å². The Labute approximate surface area is 140 Å². The standard InChI is InChI=1S/C18H19N3O3/c1-24-16-9-4-13(11-19-16)12-20-18(23)14-5-7-15(8-6-14)21-10-2-3-17(21)22/h4-9,11H,2-3,10,12H2,1H3,(H,20,23). The monoisotopic (exact) mass is 325 g/mol. The van der Waals surface area contributed by atoms with Crippen LogP contribution in [0.4, 0.5) is 5.69 Å². The third-order valence-corrected chi connectivity index (χ3v) is 3.97. The van der Waals surface area contributed by atoms with Gasteiger partial charge in [0.15, 0.2) is 0 Å². The van der Waals surface area contributed by atoms with Gasteiger partial charge in [-0.25, -0.2) is 4.98 Å². The number of anilines is 1. The molecule has 2 amide bonds. The maximum Gasteiger partial charge on any atom is 0.251 e. The molecule has 2 aromatic rings. The van der Waals surface area contributed by atoms with E-state index in [-0.39, 0.29) is 11.8 Å². The number of benzene rings is 1. The minimum absolute atomic E-state index is 0.138. The van der Waals surface area contributed by atoms with Crippen LogP contribution in [0.25, 0.3) is 0 Å². The predicted octanol–water partition coefficient (Wildman–Crippen LogP) is 2.15. The molecule has 0 unspecified atom stereocenters. The van der Waals surface area contributed by atoms with Gasteiger partial charge in [-0.05, 0) is 36.2 Å². The predicted molar refractivity (Wildman–Crippen MR) is 90.0 cm³/mol. The van der Waals surface area contributed by atoms with Crippen LogP contribution in [-0.4, -0.2) is 30.5 Å². The van der Waals surface area contributed by atoms with Crippen LogP contribution < -0.4 is 15.0 Å². The highest BCUT2D eigenvalue weighted by molar-refractivity contribution is 5.97. The second-order valence-corrected chi connectivity index (χ2v) is 5.59. The summed E-state index contributed by atoms with van der Waals surface area (Å²) in [4.78, 5) is 29.8. The number of ether oxygens (including phenoxy) is 1. The Morgan fingerprint density at radius 1 is 1.25 bits per heavy atom. The summed E-state index contributed by atoms with van der Waals surface area (Å²) in [5.41, 5.74) is 2.30. The van der Waals surface area contributed by atoms with Crippen molar-refractivity contribution in [3.8, 4) is 5.88 Å². The van der Waals surface area contributed by atoms with Gasteiger partial charge in [-0.3, -0.25) is 9.59 Å². The van der Waals surface area contributed by atoms with E-state index in [9.17, 15) is 9.59 Å². The van der Waals surface area contributed by atoms with Gasteiger partial charge in [0.05, 0.1) is 7.11 Å². The molecule has 0 bridgehead atoms. The number of aromatic nitrogens is 1. The largest absolute Gasteiger partial charge is 0.481 e. The maximum atomic E-state index is 12.2. The van der Waals surface area contributed by atoms with Crippen molar-refractivity contribution in [1.82, 2.24) is 10.3 Å². The third-order valence-electron chi connectivity index (χ3n) is 3.97. The Bertz CT molecular complexity index is 726. The minimum atomic E-state index is -0.162. The van der Waals surface area contributed by atoms with Crippen LogP contribution in [-0.2, 0) is 11.3 Å². The van der Waals surface area contributed by atoms with E-state index in [0.29, 0.717) is 24.4 Å². The van der Waals surface area contributed by atoms with Crippen LogP contribution >= 0.6 is 0 Å². The topological polar surface area (TPSA) is 71.5 Å². The zero-order chi connectivity index (χ0) is 16.9. The van der Waals surface area contributed by atoms with E-state index in [1.54, 1.807) is 36.4 Å². The molecule has 1 saturated heterocycles. The molecule has 0 atom stereocenters. The molecule has 1 aliphatic rings. The van der Waals surface area contributed by atoms with E-state index >= 15 is 0 Å². The summed E-state index contributed by atoms with van der Waals surface area (Å²) in [5, 5.41) is 2.85. The van der Waals surface area contributed by atoms with E-state index in [1.807, 2.05) is 18.2 Å². The molecule has 1 aromatic carbocycles. The molecule has 1 aromatic heterocycles. The number of amides is 2. The smallest absolute Gasteiger partial charge is 0.251 e. The number of nitrogens with zero attached hydrogens (tertiary/aromatic N) is 2. The Morgan fingerprint density at radius 2 is 2.04 bits per heavy atom. The van der Waals surface area contributed by atoms with Gasteiger partial charge in [0.25, 0.3) is 5.91 Å². The highest BCUT2D eigenvalue weighted by atomic mass is 16.5. The fourth-order valence-corrected chi connectivity index (χ4v) is 2.63. The maximum absolute atomic E-state index is 12.2. The minimum Gasteiger partial charge on any atom is -0.481 e. The average Bonchev–Trinajstić information content (AvgIpc) is 3.06. The van der Waals surface area contributed by atoms with Gasteiger partial charge in [-0.2, -0.15) is 0 Å². The lowest BCUT2D eigenvalue weighted by atomic mass is 10.1. The average molecular weight is 325 g/mol. The zero-order valence-corrected chi connectivity index (χ0v) is 13.5. The molecular weight excluding hydrogens is 306 g/mol. The Balaban J connectivity index is 1.59. The summed E-state index contributed by atoms with van der Waals surface area (Å²) >= 11 is 0. The molecule has 1 fully saturated rings. The molecule has 24 heavy (non-hydrogen) atoms. The number of methoxy groups -OCH3 is 1. The van der Waals surface area contributed by atoms with Crippen molar-refractivity contribution >= 4 is 17.5 Å². The highest BCUT2D eigenvalue weighted by Crippen LogP contribution is 2.21. The van der Waals surface area contributed by atoms with Crippen molar-refractivity contribution in [3.05, 3.63) is 53.7 Å². The number of carbonyl (C=O) groups excluding carboxylic acids is 2. The van der Waals surface area contributed by atoms with E-state index in [2.05, 4.69) is 10.3 Å². The fourth-order valence-electron chi connectivity index (χ4n) is 2.63. The first-order valence-corrected chi connectivity index (χ1v) is 7.85. The summed E-state index contributed by atoms with van der Waals surface area (Å²) in [6, 6.07) is 10.7. The highest BCUT2D eigenvalue weighted by Gasteiger charge is 2.21. The number of hydrogen-bond acceptors (Lipinski definition) is 4. The number of nitrogens with one attached hydrogen (secondary N) is 1. The van der Waals surface area contributed by atoms with E-state index in [4.69, 9.17) is 4.74 Å². The van der Waals surface area contributed by atoms with Gasteiger partial charge in [-0.1, -0.05) is 6.07 Å². The van der Waals surface area contributed by atoms with Crippen LogP contribution in [0.5, 0.6) is 5.88 Å². The Kier molecular flexibility index (Phi) is 4.74. The van der Waals surface area contributed by atoms with Gasteiger partial charge in [0.1, 0.15) is 0 Å². The van der Waals surface area contributed by atoms with Gasteiger partial charge < -0.3 is 15.0 Å². The summed E-state index contributed by atoms with van der Waals surface area (Å²) in [6.45, 7) is 1.14. The molecule has 0 saturated carbocycles. The molecule has 0 spiro atoms. The summed E-state index contributed by atoms with van der Waals surface area (Å²) in [5.74, 6) is 0.515. The van der Waals surface area contributed by atoms with Crippen LogP contribution in [0, 0.1) is 0 Å². The molecule has 3 rings (SSSR count). The fraction of sp³-hybridized carbons (Fsp3) is 0.278. The normalized spacial score (nSPS) is 13.9. The SMILES string of the molecule is COc1ccc(CNC(=O)c2ccc(N3CCCC3=O)cc2)cn1. The van der Waals surface area contributed by atoms with Gasteiger partial charge in [-0.15, -0.1) is 0 Å².